The van der Waals surface area contributed by atoms with Gasteiger partial charge in [0.05, 0.1) is 12.5 Å². The minimum Gasteiger partial charge on any atom is -0.481 e. The molecule has 2 aromatic heterocycles. The molecule has 1 unspecified atom stereocenters. The number of aryl methyl sites for hydroxylation is 2. The molecule has 0 aliphatic carbocycles. The summed E-state index contributed by atoms with van der Waals surface area (Å²) in [6.07, 6.45) is 3.48. The molecule has 2 heterocycles. The van der Waals surface area contributed by atoms with Crippen LogP contribution in [0.5, 0.6) is 0 Å². The van der Waals surface area contributed by atoms with Crippen molar-refractivity contribution in [2.24, 2.45) is 0 Å². The molecule has 0 aliphatic heterocycles. The highest BCUT2D eigenvalue weighted by Crippen LogP contribution is 2.21. The molecule has 1 atom stereocenters. The lowest BCUT2D eigenvalue weighted by Gasteiger charge is -2.18. The van der Waals surface area contributed by atoms with Crippen molar-refractivity contribution in [3.63, 3.8) is 0 Å². The summed E-state index contributed by atoms with van der Waals surface area (Å²) in [5, 5.41) is 13.3. The molecular weight excluding hydrogens is 272 g/mol. The van der Waals surface area contributed by atoms with Crippen LogP contribution in [0, 0.1) is 13.8 Å². The van der Waals surface area contributed by atoms with Crippen molar-refractivity contribution in [2.45, 2.75) is 39.8 Å². The van der Waals surface area contributed by atoms with E-state index in [-0.39, 0.29) is 5.69 Å². The fourth-order valence-corrected chi connectivity index (χ4v) is 2.46. The van der Waals surface area contributed by atoms with Crippen molar-refractivity contribution < 1.29 is 9.90 Å². The van der Waals surface area contributed by atoms with Crippen LogP contribution in [0.25, 0.3) is 0 Å². The minimum absolute atomic E-state index is 0.363. The van der Waals surface area contributed by atoms with Crippen molar-refractivity contribution >= 4 is 5.97 Å². The number of rotatable bonds is 5. The zero-order chi connectivity index (χ0) is 15.6. The van der Waals surface area contributed by atoms with Crippen LogP contribution in [0.3, 0.4) is 0 Å². The summed E-state index contributed by atoms with van der Waals surface area (Å²) in [6, 6.07) is 1.81. The van der Waals surface area contributed by atoms with Crippen LogP contribution in [-0.2, 0) is 17.9 Å². The molecule has 0 saturated carbocycles. The van der Waals surface area contributed by atoms with E-state index in [1.54, 1.807) is 37.7 Å². The van der Waals surface area contributed by atoms with Crippen molar-refractivity contribution in [2.75, 3.05) is 0 Å². The smallest absolute Gasteiger partial charge is 0.348 e. The van der Waals surface area contributed by atoms with Crippen molar-refractivity contribution in [3.8, 4) is 0 Å². The Morgan fingerprint density at radius 2 is 2.10 bits per heavy atom. The van der Waals surface area contributed by atoms with E-state index in [9.17, 15) is 14.7 Å². The Labute approximate surface area is 121 Å². The standard InChI is InChI=1S/C14H18N4O3/c1-9(13(19)20)12-10(2)16-14(21)18(11(12)3)8-7-17-6-4-5-15-17/h4-6,9H,7-8H2,1-3H3,(H,19,20). The first-order chi connectivity index (χ1) is 9.91. The van der Waals surface area contributed by atoms with Crippen LogP contribution in [0.2, 0.25) is 0 Å². The zero-order valence-corrected chi connectivity index (χ0v) is 12.3. The van der Waals surface area contributed by atoms with Gasteiger partial charge in [-0.25, -0.2) is 4.79 Å². The number of carboxylic acids is 1. The van der Waals surface area contributed by atoms with Crippen LogP contribution in [0.4, 0.5) is 0 Å². The summed E-state index contributed by atoms with van der Waals surface area (Å²) in [4.78, 5) is 27.2. The third kappa shape index (κ3) is 3.01. The van der Waals surface area contributed by atoms with Gasteiger partial charge in [-0.2, -0.15) is 10.1 Å². The number of hydrogen-bond acceptors (Lipinski definition) is 4. The molecule has 7 nitrogen and oxygen atoms in total. The molecule has 0 aromatic carbocycles. The molecule has 7 heteroatoms. The van der Waals surface area contributed by atoms with E-state index in [2.05, 4.69) is 10.1 Å². The molecule has 0 bridgehead atoms. The first-order valence-corrected chi connectivity index (χ1v) is 6.70. The molecule has 0 saturated heterocycles. The SMILES string of the molecule is Cc1nc(=O)n(CCn2cccn2)c(C)c1C(C)C(=O)O. The lowest BCUT2D eigenvalue weighted by molar-refractivity contribution is -0.138. The first-order valence-electron chi connectivity index (χ1n) is 6.70. The van der Waals surface area contributed by atoms with E-state index in [0.717, 1.165) is 0 Å². The monoisotopic (exact) mass is 290 g/mol. The summed E-state index contributed by atoms with van der Waals surface area (Å²) in [6.45, 7) is 5.95. The highest BCUT2D eigenvalue weighted by atomic mass is 16.4. The number of aromatic nitrogens is 4. The van der Waals surface area contributed by atoms with Gasteiger partial charge in [-0.05, 0) is 26.8 Å². The highest BCUT2D eigenvalue weighted by molar-refractivity contribution is 5.76. The summed E-state index contributed by atoms with van der Waals surface area (Å²) in [7, 11) is 0. The third-order valence-electron chi connectivity index (χ3n) is 3.59. The molecule has 0 aliphatic rings. The van der Waals surface area contributed by atoms with E-state index in [1.165, 1.54) is 4.57 Å². The summed E-state index contributed by atoms with van der Waals surface area (Å²) >= 11 is 0. The number of aliphatic carboxylic acids is 1. The normalized spacial score (nSPS) is 12.3. The second-order valence-electron chi connectivity index (χ2n) is 4.96. The van der Waals surface area contributed by atoms with Crippen LogP contribution in [-0.4, -0.2) is 30.4 Å². The van der Waals surface area contributed by atoms with E-state index in [0.29, 0.717) is 30.0 Å². The molecule has 112 valence electrons. The van der Waals surface area contributed by atoms with Crippen LogP contribution < -0.4 is 5.69 Å². The van der Waals surface area contributed by atoms with Gasteiger partial charge >= 0.3 is 11.7 Å². The third-order valence-corrected chi connectivity index (χ3v) is 3.59. The average Bonchev–Trinajstić information content (AvgIpc) is 2.90. The van der Waals surface area contributed by atoms with Crippen molar-refractivity contribution in [3.05, 3.63) is 45.9 Å². The molecule has 2 rings (SSSR count). The van der Waals surface area contributed by atoms with Gasteiger partial charge in [-0.3, -0.25) is 14.0 Å². The lowest BCUT2D eigenvalue weighted by Crippen LogP contribution is -2.30. The number of hydrogen-bond donors (Lipinski definition) is 1. The fourth-order valence-electron chi connectivity index (χ4n) is 2.46. The van der Waals surface area contributed by atoms with E-state index in [1.807, 2.05) is 6.20 Å². The maximum Gasteiger partial charge on any atom is 0.348 e. The fraction of sp³-hybridized carbons (Fsp3) is 0.429. The van der Waals surface area contributed by atoms with Crippen LogP contribution >= 0.6 is 0 Å². The molecule has 0 amide bonds. The molecule has 0 fully saturated rings. The Kier molecular flexibility index (Phi) is 4.21. The van der Waals surface area contributed by atoms with Gasteiger partial charge in [-0.15, -0.1) is 0 Å². The average molecular weight is 290 g/mol. The van der Waals surface area contributed by atoms with Gasteiger partial charge in [0.15, 0.2) is 0 Å². The van der Waals surface area contributed by atoms with E-state index < -0.39 is 11.9 Å². The summed E-state index contributed by atoms with van der Waals surface area (Å²) in [5.41, 5.74) is 1.36. The maximum atomic E-state index is 12.0. The van der Waals surface area contributed by atoms with Gasteiger partial charge < -0.3 is 5.11 Å². The maximum absolute atomic E-state index is 12.0. The minimum atomic E-state index is -0.930. The highest BCUT2D eigenvalue weighted by Gasteiger charge is 2.22. The largest absolute Gasteiger partial charge is 0.481 e. The van der Waals surface area contributed by atoms with Crippen molar-refractivity contribution in [1.82, 2.24) is 19.3 Å². The zero-order valence-electron chi connectivity index (χ0n) is 12.3. The summed E-state index contributed by atoms with van der Waals surface area (Å²) in [5.74, 6) is -1.63. The van der Waals surface area contributed by atoms with Gasteiger partial charge in [0.1, 0.15) is 0 Å². The quantitative estimate of drug-likeness (QED) is 0.885. The number of carboxylic acid groups (broad SMARTS) is 1. The number of carbonyl (C=O) groups is 1. The van der Waals surface area contributed by atoms with E-state index >= 15 is 0 Å². The Morgan fingerprint density at radius 3 is 2.67 bits per heavy atom. The molecular formula is C14H18N4O3. The van der Waals surface area contributed by atoms with Gasteiger partial charge in [-0.1, -0.05) is 0 Å². The topological polar surface area (TPSA) is 90.0 Å². The molecule has 1 N–H and O–H groups in total. The summed E-state index contributed by atoms with van der Waals surface area (Å²) < 4.78 is 3.22. The van der Waals surface area contributed by atoms with Crippen molar-refractivity contribution in [1.29, 1.82) is 0 Å². The number of nitrogens with zero attached hydrogens (tertiary/aromatic N) is 4. The van der Waals surface area contributed by atoms with Gasteiger partial charge in [0.25, 0.3) is 0 Å². The first kappa shape index (κ1) is 15.0. The van der Waals surface area contributed by atoms with Gasteiger partial charge in [0, 0.05) is 35.9 Å². The molecule has 21 heavy (non-hydrogen) atoms. The Morgan fingerprint density at radius 1 is 1.38 bits per heavy atom. The second kappa shape index (κ2) is 5.90. The molecule has 0 radical (unpaired) electrons. The Hall–Kier alpha value is -2.44. The molecule has 2 aromatic rings. The lowest BCUT2D eigenvalue weighted by atomic mass is 9.98. The second-order valence-corrected chi connectivity index (χ2v) is 4.96. The van der Waals surface area contributed by atoms with Gasteiger partial charge in [0.2, 0.25) is 0 Å². The van der Waals surface area contributed by atoms with Crippen LogP contribution in [0.1, 0.15) is 29.8 Å². The Balaban J connectivity index is 2.39. The van der Waals surface area contributed by atoms with Crippen LogP contribution in [0.15, 0.2) is 23.3 Å². The molecule has 0 spiro atoms. The van der Waals surface area contributed by atoms with E-state index in [4.69, 9.17) is 0 Å². The predicted molar refractivity (Wildman–Crippen MR) is 76.2 cm³/mol. The Bertz CT molecular complexity index is 704. The predicted octanol–water partition coefficient (Wildman–Crippen LogP) is 0.945.